The predicted octanol–water partition coefficient (Wildman–Crippen LogP) is 3.09. The van der Waals surface area contributed by atoms with Gasteiger partial charge in [-0.15, -0.1) is 0 Å². The Labute approximate surface area is 203 Å². The zero-order chi connectivity index (χ0) is 23.9. The number of piperidine rings is 1. The number of aliphatic hydroxyl groups is 1. The van der Waals surface area contributed by atoms with E-state index in [0.29, 0.717) is 19.7 Å². The molecule has 1 aliphatic heterocycles. The lowest BCUT2D eigenvalue weighted by Crippen LogP contribution is -2.48. The van der Waals surface area contributed by atoms with Gasteiger partial charge in [0.25, 0.3) is 0 Å². The minimum absolute atomic E-state index is 0.209. The summed E-state index contributed by atoms with van der Waals surface area (Å²) in [4.78, 5) is 30.6. The molecular weight excluding hydrogens is 452 g/mol. The van der Waals surface area contributed by atoms with Crippen molar-refractivity contribution < 1.29 is 14.6 Å². The van der Waals surface area contributed by atoms with Gasteiger partial charge in [0.2, 0.25) is 5.91 Å². The summed E-state index contributed by atoms with van der Waals surface area (Å²) in [6.07, 6.45) is 5.29. The van der Waals surface area contributed by atoms with Gasteiger partial charge in [-0.05, 0) is 49.6 Å². The highest BCUT2D eigenvalue weighted by Gasteiger charge is 2.28. The molecule has 2 N–H and O–H groups in total. The van der Waals surface area contributed by atoms with E-state index >= 15 is 0 Å². The van der Waals surface area contributed by atoms with Crippen molar-refractivity contribution in [3.63, 3.8) is 0 Å². The first-order chi connectivity index (χ1) is 16.6. The molecule has 4 rings (SSSR count). The van der Waals surface area contributed by atoms with Crippen LogP contribution >= 0.6 is 11.3 Å². The molecule has 34 heavy (non-hydrogen) atoms. The Morgan fingerprint density at radius 2 is 2.09 bits per heavy atom. The Balaban J connectivity index is 1.49. The number of carbonyl (C=O) groups excluding carboxylic acids is 1. The first-order valence-corrected chi connectivity index (χ1v) is 12.2. The number of likely N-dealkylation sites (tertiary alicyclic amines) is 1. The number of amides is 1. The summed E-state index contributed by atoms with van der Waals surface area (Å²) < 4.78 is 5.34. The third-order valence-electron chi connectivity index (χ3n) is 5.84. The average molecular weight is 483 g/mol. The van der Waals surface area contributed by atoms with Gasteiger partial charge in [0, 0.05) is 45.2 Å². The molecule has 0 unspecified atom stereocenters. The largest absolute Gasteiger partial charge is 0.387 e. The number of rotatable bonds is 9. The van der Waals surface area contributed by atoms with E-state index in [4.69, 9.17) is 19.8 Å². The standard InChI is InChI=1S/C24H30N6O3S/c1-17-6-9-25-22(14-17)28-21-5-3-4-19(27-21)20-15-26-24(34-20)30(12-13-33-2)18-7-10-29(11-8-18)23(32)16-31/h3-6,9,14-15,18,31H,7-8,10-13,16H2,1-2H3,(H,25,27,28). The van der Waals surface area contributed by atoms with Crippen LogP contribution in [-0.4, -0.2) is 76.9 Å². The summed E-state index contributed by atoms with van der Waals surface area (Å²) in [7, 11) is 1.69. The second kappa shape index (κ2) is 11.4. The number of carbonyl (C=O) groups is 1. The molecule has 3 aromatic heterocycles. The molecule has 0 spiro atoms. The number of nitrogens with one attached hydrogen (secondary N) is 1. The van der Waals surface area contributed by atoms with E-state index in [0.717, 1.165) is 52.3 Å². The molecule has 1 fully saturated rings. The number of thiazole rings is 1. The summed E-state index contributed by atoms with van der Waals surface area (Å²) in [5.74, 6) is 1.27. The van der Waals surface area contributed by atoms with Crippen molar-refractivity contribution in [3.05, 3.63) is 48.3 Å². The van der Waals surface area contributed by atoms with Gasteiger partial charge in [0.1, 0.15) is 18.2 Å². The van der Waals surface area contributed by atoms with Gasteiger partial charge in [-0.25, -0.2) is 15.0 Å². The molecule has 4 heterocycles. The van der Waals surface area contributed by atoms with Crippen LogP contribution in [0.2, 0.25) is 0 Å². The van der Waals surface area contributed by atoms with Gasteiger partial charge in [0.05, 0.1) is 17.2 Å². The molecule has 0 aliphatic carbocycles. The molecule has 0 radical (unpaired) electrons. The van der Waals surface area contributed by atoms with Crippen LogP contribution in [0.4, 0.5) is 16.8 Å². The molecule has 0 bridgehead atoms. The number of anilines is 3. The zero-order valence-electron chi connectivity index (χ0n) is 19.5. The van der Waals surface area contributed by atoms with Crippen molar-refractivity contribution in [2.24, 2.45) is 0 Å². The first-order valence-electron chi connectivity index (χ1n) is 11.3. The van der Waals surface area contributed by atoms with Gasteiger partial charge in [0.15, 0.2) is 5.13 Å². The number of pyridine rings is 2. The van der Waals surface area contributed by atoms with Crippen molar-refractivity contribution in [1.82, 2.24) is 19.9 Å². The molecule has 0 atom stereocenters. The van der Waals surface area contributed by atoms with Crippen molar-refractivity contribution >= 4 is 34.0 Å². The van der Waals surface area contributed by atoms with E-state index in [1.54, 1.807) is 29.5 Å². The SMILES string of the molecule is COCCN(c1ncc(-c2cccc(Nc3cc(C)ccn3)n2)s1)C1CCN(C(=O)CO)CC1. The number of ether oxygens (including phenoxy) is 1. The first kappa shape index (κ1) is 24.1. The molecule has 1 saturated heterocycles. The van der Waals surface area contributed by atoms with Crippen LogP contribution in [-0.2, 0) is 9.53 Å². The molecular formula is C24H30N6O3S. The zero-order valence-corrected chi connectivity index (χ0v) is 20.3. The number of aromatic nitrogens is 3. The Morgan fingerprint density at radius 3 is 2.82 bits per heavy atom. The molecule has 180 valence electrons. The van der Waals surface area contributed by atoms with E-state index in [-0.39, 0.29) is 11.9 Å². The van der Waals surface area contributed by atoms with Crippen LogP contribution in [0.3, 0.4) is 0 Å². The van der Waals surface area contributed by atoms with Gasteiger partial charge >= 0.3 is 0 Å². The lowest BCUT2D eigenvalue weighted by molar-refractivity contribution is -0.135. The molecule has 0 saturated carbocycles. The molecule has 10 heteroatoms. The Kier molecular flexibility index (Phi) is 8.04. The predicted molar refractivity (Wildman–Crippen MR) is 134 cm³/mol. The number of hydrogen-bond acceptors (Lipinski definition) is 9. The average Bonchev–Trinajstić information content (AvgIpc) is 3.34. The smallest absolute Gasteiger partial charge is 0.248 e. The second-order valence-electron chi connectivity index (χ2n) is 8.21. The fraction of sp³-hybridized carbons (Fsp3) is 0.417. The quantitative estimate of drug-likeness (QED) is 0.480. The van der Waals surface area contributed by atoms with Crippen LogP contribution in [0.1, 0.15) is 18.4 Å². The minimum Gasteiger partial charge on any atom is -0.387 e. The molecule has 9 nitrogen and oxygen atoms in total. The topological polar surface area (TPSA) is 104 Å². The summed E-state index contributed by atoms with van der Waals surface area (Å²) in [5.41, 5.74) is 1.97. The maximum Gasteiger partial charge on any atom is 0.248 e. The van der Waals surface area contributed by atoms with E-state index < -0.39 is 6.61 Å². The maximum absolute atomic E-state index is 11.8. The molecule has 3 aromatic rings. The Hall–Kier alpha value is -3.08. The van der Waals surface area contributed by atoms with Crippen LogP contribution < -0.4 is 10.2 Å². The van der Waals surface area contributed by atoms with Crippen molar-refractivity contribution in [2.75, 3.05) is 50.2 Å². The van der Waals surface area contributed by atoms with Crippen LogP contribution in [0.15, 0.2) is 42.7 Å². The van der Waals surface area contributed by atoms with E-state index in [1.165, 1.54) is 0 Å². The summed E-state index contributed by atoms with van der Waals surface area (Å²) >= 11 is 1.60. The minimum atomic E-state index is -0.436. The van der Waals surface area contributed by atoms with E-state index in [1.807, 2.05) is 43.5 Å². The Morgan fingerprint density at radius 1 is 1.26 bits per heavy atom. The monoisotopic (exact) mass is 482 g/mol. The summed E-state index contributed by atoms with van der Waals surface area (Å²) in [5, 5.41) is 13.3. The van der Waals surface area contributed by atoms with E-state index in [2.05, 4.69) is 15.2 Å². The van der Waals surface area contributed by atoms with Gasteiger partial charge in [-0.3, -0.25) is 4.79 Å². The Bertz CT molecular complexity index is 1100. The number of nitrogens with zero attached hydrogens (tertiary/aromatic N) is 5. The van der Waals surface area contributed by atoms with Crippen molar-refractivity contribution in [3.8, 4) is 10.6 Å². The van der Waals surface area contributed by atoms with E-state index in [9.17, 15) is 4.79 Å². The van der Waals surface area contributed by atoms with Gasteiger partial charge < -0.3 is 25.0 Å². The maximum atomic E-state index is 11.8. The molecule has 0 aromatic carbocycles. The van der Waals surface area contributed by atoms with Crippen molar-refractivity contribution in [1.29, 1.82) is 0 Å². The molecule has 1 amide bonds. The lowest BCUT2D eigenvalue weighted by Gasteiger charge is -2.38. The molecule has 1 aliphatic rings. The fourth-order valence-electron chi connectivity index (χ4n) is 4.04. The van der Waals surface area contributed by atoms with Gasteiger partial charge in [-0.2, -0.15) is 0 Å². The lowest BCUT2D eigenvalue weighted by atomic mass is 10.0. The normalized spacial score (nSPS) is 14.3. The second-order valence-corrected chi connectivity index (χ2v) is 9.22. The third-order valence-corrected chi connectivity index (χ3v) is 6.90. The highest BCUT2D eigenvalue weighted by molar-refractivity contribution is 7.18. The highest BCUT2D eigenvalue weighted by atomic mass is 32.1. The number of methoxy groups -OCH3 is 1. The van der Waals surface area contributed by atoms with Crippen molar-refractivity contribution in [2.45, 2.75) is 25.8 Å². The number of aliphatic hydroxyl groups excluding tert-OH is 1. The summed E-state index contributed by atoms with van der Waals surface area (Å²) in [6, 6.07) is 10.1. The summed E-state index contributed by atoms with van der Waals surface area (Å²) in [6.45, 7) is 4.16. The number of hydrogen-bond donors (Lipinski definition) is 2. The highest BCUT2D eigenvalue weighted by Crippen LogP contribution is 2.33. The van der Waals surface area contributed by atoms with Crippen LogP contribution in [0.25, 0.3) is 10.6 Å². The van der Waals surface area contributed by atoms with Gasteiger partial charge in [-0.1, -0.05) is 17.4 Å². The third kappa shape index (κ3) is 5.88. The fourth-order valence-corrected chi connectivity index (χ4v) is 5.03. The number of aryl methyl sites for hydroxylation is 1. The van der Waals surface area contributed by atoms with Crippen LogP contribution in [0, 0.1) is 6.92 Å². The van der Waals surface area contributed by atoms with Crippen LogP contribution in [0.5, 0.6) is 0 Å².